The molecule has 0 spiro atoms. The molecule has 0 bridgehead atoms. The number of phenols is 1. The van der Waals surface area contributed by atoms with Crippen molar-refractivity contribution in [3.05, 3.63) is 82.9 Å². The Kier molecular flexibility index (Phi) is 7.35. The minimum absolute atomic E-state index is 0.0139. The molecule has 0 aliphatic heterocycles. The number of carbonyl (C=O) groups excluding carboxylic acids is 1. The van der Waals surface area contributed by atoms with Gasteiger partial charge in [0.2, 0.25) is 0 Å². The molecule has 5 nitrogen and oxygen atoms in total. The monoisotopic (exact) mass is 433 g/mol. The lowest BCUT2D eigenvalue weighted by molar-refractivity contribution is 0.101. The van der Waals surface area contributed by atoms with E-state index in [1.54, 1.807) is 48.5 Å². The van der Waals surface area contributed by atoms with E-state index in [4.69, 9.17) is 10.00 Å². The molecule has 1 N–H and O–H groups in total. The van der Waals surface area contributed by atoms with Crippen molar-refractivity contribution in [2.45, 2.75) is 43.1 Å². The standard InChI is InChI=1S/C25H23NO4S/c1-3-4-23-24(14-13-22(17(2)27)25(23)28)30-16-19-7-11-21(12-8-19)31(29)20-9-5-18(15-26)6-10-20/h5-14,28H,3-4,16H2,1-2H3. The van der Waals surface area contributed by atoms with Gasteiger partial charge in [0.1, 0.15) is 18.1 Å². The number of hydrogen-bond acceptors (Lipinski definition) is 5. The third-order valence-corrected chi connectivity index (χ3v) is 6.25. The van der Waals surface area contributed by atoms with E-state index in [2.05, 4.69) is 0 Å². The number of hydrogen-bond donors (Lipinski definition) is 1. The summed E-state index contributed by atoms with van der Waals surface area (Å²) in [7, 11) is 0. The average Bonchev–Trinajstić information content (AvgIpc) is 2.79. The van der Waals surface area contributed by atoms with Crippen LogP contribution in [-0.2, 0) is 24.2 Å². The number of carbonyl (C=O) groups is 1. The first kappa shape index (κ1) is 22.4. The fourth-order valence-electron chi connectivity index (χ4n) is 3.19. The van der Waals surface area contributed by atoms with Crippen molar-refractivity contribution >= 4 is 17.0 Å². The van der Waals surface area contributed by atoms with Gasteiger partial charge in [0, 0.05) is 16.7 Å². The van der Waals surface area contributed by atoms with E-state index in [1.807, 2.05) is 25.1 Å². The lowest BCUT2D eigenvalue weighted by atomic mass is 10.0. The van der Waals surface area contributed by atoms with Gasteiger partial charge < -0.3 is 14.4 Å². The average molecular weight is 434 g/mol. The molecule has 0 radical (unpaired) electrons. The minimum Gasteiger partial charge on any atom is -0.606 e. The molecule has 0 aliphatic rings. The number of nitrogens with zero attached hydrogens (tertiary/aromatic N) is 1. The molecule has 31 heavy (non-hydrogen) atoms. The van der Waals surface area contributed by atoms with E-state index < -0.39 is 11.2 Å². The molecule has 0 aromatic heterocycles. The summed E-state index contributed by atoms with van der Waals surface area (Å²) in [6.07, 6.45) is 1.41. The van der Waals surface area contributed by atoms with Crippen LogP contribution >= 0.6 is 0 Å². The first-order valence-corrected chi connectivity index (χ1v) is 11.1. The van der Waals surface area contributed by atoms with Gasteiger partial charge in [-0.05, 0) is 67.4 Å². The Hall–Kier alpha value is -3.27. The molecule has 158 valence electrons. The van der Waals surface area contributed by atoms with Gasteiger partial charge in [-0.2, -0.15) is 5.26 Å². The van der Waals surface area contributed by atoms with Crippen LogP contribution in [0.25, 0.3) is 0 Å². The Morgan fingerprint density at radius 3 is 2.23 bits per heavy atom. The number of rotatable bonds is 8. The number of phenolic OH excluding ortho intramolecular Hbond substituents is 1. The van der Waals surface area contributed by atoms with Crippen LogP contribution in [0.5, 0.6) is 11.5 Å². The topological polar surface area (TPSA) is 93.4 Å². The summed E-state index contributed by atoms with van der Waals surface area (Å²) in [6.45, 7) is 3.70. The lowest BCUT2D eigenvalue weighted by Crippen LogP contribution is -2.04. The van der Waals surface area contributed by atoms with Crippen LogP contribution < -0.4 is 4.74 Å². The fraction of sp³-hybridized carbons (Fsp3) is 0.200. The molecule has 0 amide bonds. The number of aromatic hydroxyl groups is 1. The highest BCUT2D eigenvalue weighted by Gasteiger charge is 2.17. The molecule has 1 unspecified atom stereocenters. The lowest BCUT2D eigenvalue weighted by Gasteiger charge is -2.15. The maximum absolute atomic E-state index is 12.7. The van der Waals surface area contributed by atoms with Crippen LogP contribution in [0.1, 0.15) is 47.3 Å². The molecule has 0 saturated heterocycles. The van der Waals surface area contributed by atoms with Crippen LogP contribution in [0.2, 0.25) is 0 Å². The predicted molar refractivity (Wildman–Crippen MR) is 119 cm³/mol. The zero-order valence-electron chi connectivity index (χ0n) is 17.4. The molecule has 0 aliphatic carbocycles. The number of ketones is 1. The maximum atomic E-state index is 12.7. The second-order valence-corrected chi connectivity index (χ2v) is 8.56. The minimum atomic E-state index is -1.34. The highest BCUT2D eigenvalue weighted by molar-refractivity contribution is 7.91. The Bertz CT molecular complexity index is 1100. The Balaban J connectivity index is 1.72. The number of benzene rings is 3. The number of nitriles is 1. The maximum Gasteiger partial charge on any atom is 0.163 e. The van der Waals surface area contributed by atoms with E-state index in [1.165, 1.54) is 6.92 Å². The largest absolute Gasteiger partial charge is 0.606 e. The van der Waals surface area contributed by atoms with Crippen LogP contribution in [0.3, 0.4) is 0 Å². The highest BCUT2D eigenvalue weighted by Crippen LogP contribution is 2.33. The van der Waals surface area contributed by atoms with E-state index in [-0.39, 0.29) is 18.1 Å². The van der Waals surface area contributed by atoms with Crippen LogP contribution in [0.4, 0.5) is 0 Å². The van der Waals surface area contributed by atoms with Crippen molar-refractivity contribution < 1.29 is 19.2 Å². The molecule has 0 fully saturated rings. The molecule has 0 saturated carbocycles. The SMILES string of the molecule is CCCc1c(OCc2ccc([S+]([O-])c3ccc(C#N)cc3)cc2)ccc(C(C)=O)c1O. The van der Waals surface area contributed by atoms with Crippen molar-refractivity contribution in [2.24, 2.45) is 0 Å². The van der Waals surface area contributed by atoms with Gasteiger partial charge in [-0.3, -0.25) is 4.79 Å². The smallest absolute Gasteiger partial charge is 0.163 e. The van der Waals surface area contributed by atoms with E-state index in [0.29, 0.717) is 38.7 Å². The third kappa shape index (κ3) is 5.26. The Morgan fingerprint density at radius 2 is 1.68 bits per heavy atom. The van der Waals surface area contributed by atoms with Gasteiger partial charge in [-0.25, -0.2) is 0 Å². The van der Waals surface area contributed by atoms with Gasteiger partial charge >= 0.3 is 0 Å². The number of ether oxygens (including phenoxy) is 1. The molecule has 3 rings (SSSR count). The molecule has 1 atom stereocenters. The second-order valence-electron chi connectivity index (χ2n) is 7.08. The normalized spacial score (nSPS) is 11.5. The van der Waals surface area contributed by atoms with Crippen molar-refractivity contribution in [2.75, 3.05) is 0 Å². The van der Waals surface area contributed by atoms with Gasteiger partial charge in [-0.1, -0.05) is 25.5 Å². The van der Waals surface area contributed by atoms with E-state index >= 15 is 0 Å². The summed E-state index contributed by atoms with van der Waals surface area (Å²) in [5, 5.41) is 19.3. The molecule has 3 aromatic rings. The van der Waals surface area contributed by atoms with Crippen LogP contribution in [0.15, 0.2) is 70.5 Å². The second kappa shape index (κ2) is 10.2. The van der Waals surface area contributed by atoms with Crippen molar-refractivity contribution in [3.63, 3.8) is 0 Å². The summed E-state index contributed by atoms with van der Waals surface area (Å²) >= 11 is -1.34. The summed E-state index contributed by atoms with van der Waals surface area (Å²) in [6, 6.07) is 19.3. The van der Waals surface area contributed by atoms with Gasteiger partial charge in [0.05, 0.1) is 17.2 Å². The van der Waals surface area contributed by atoms with Gasteiger partial charge in [0.25, 0.3) is 0 Å². The molecular formula is C25H23NO4S. The van der Waals surface area contributed by atoms with Crippen LogP contribution in [-0.4, -0.2) is 15.4 Å². The summed E-state index contributed by atoms with van der Waals surface area (Å²) in [4.78, 5) is 13.0. The van der Waals surface area contributed by atoms with E-state index in [9.17, 15) is 14.5 Å². The number of Topliss-reactive ketones (excluding diaryl/α,β-unsaturated/α-hetero) is 1. The van der Waals surface area contributed by atoms with Gasteiger partial charge in [-0.15, -0.1) is 0 Å². The Labute approximate surface area is 185 Å². The zero-order valence-corrected chi connectivity index (χ0v) is 18.2. The van der Waals surface area contributed by atoms with Crippen LogP contribution in [0, 0.1) is 11.3 Å². The third-order valence-electron chi connectivity index (χ3n) is 4.85. The predicted octanol–water partition coefficient (Wildman–Crippen LogP) is 5.16. The molecular weight excluding hydrogens is 410 g/mol. The van der Waals surface area contributed by atoms with E-state index in [0.717, 1.165) is 12.0 Å². The summed E-state index contributed by atoms with van der Waals surface area (Å²) in [5.41, 5.74) is 2.34. The summed E-state index contributed by atoms with van der Waals surface area (Å²) in [5.74, 6) is 0.349. The summed E-state index contributed by atoms with van der Waals surface area (Å²) < 4.78 is 18.6. The van der Waals surface area contributed by atoms with Crippen molar-refractivity contribution in [1.82, 2.24) is 0 Å². The Morgan fingerprint density at radius 1 is 1.06 bits per heavy atom. The molecule has 3 aromatic carbocycles. The van der Waals surface area contributed by atoms with Crippen molar-refractivity contribution in [3.8, 4) is 17.6 Å². The molecule has 0 heterocycles. The quantitative estimate of drug-likeness (QED) is 0.391. The fourth-order valence-corrected chi connectivity index (χ4v) is 4.23. The van der Waals surface area contributed by atoms with Gasteiger partial charge in [0.15, 0.2) is 15.6 Å². The first-order valence-electron chi connectivity index (χ1n) is 9.94. The molecule has 6 heteroatoms. The first-order chi connectivity index (χ1) is 14.9. The highest BCUT2D eigenvalue weighted by atomic mass is 32.2. The zero-order chi connectivity index (χ0) is 22.4. The van der Waals surface area contributed by atoms with Crippen molar-refractivity contribution in [1.29, 1.82) is 5.26 Å².